The highest BCUT2D eigenvalue weighted by atomic mass is 79.9. The third-order valence-electron chi connectivity index (χ3n) is 1.94. The van der Waals surface area contributed by atoms with Crippen LogP contribution >= 0.6 is 15.9 Å². The Labute approximate surface area is 92.8 Å². The SMILES string of the molecule is CCCC(=O)Nc1cccc(C)c1Br. The predicted molar refractivity (Wildman–Crippen MR) is 62.4 cm³/mol. The summed E-state index contributed by atoms with van der Waals surface area (Å²) in [5, 5.41) is 2.87. The Morgan fingerprint density at radius 3 is 2.86 bits per heavy atom. The van der Waals surface area contributed by atoms with Crippen molar-refractivity contribution in [2.75, 3.05) is 5.32 Å². The van der Waals surface area contributed by atoms with E-state index in [0.29, 0.717) is 6.42 Å². The van der Waals surface area contributed by atoms with Crippen molar-refractivity contribution in [3.63, 3.8) is 0 Å². The number of rotatable bonds is 3. The van der Waals surface area contributed by atoms with E-state index in [2.05, 4.69) is 21.2 Å². The number of halogens is 1. The molecule has 1 amide bonds. The van der Waals surface area contributed by atoms with Gasteiger partial charge in [0.15, 0.2) is 0 Å². The Morgan fingerprint density at radius 1 is 1.50 bits per heavy atom. The molecule has 0 unspecified atom stereocenters. The summed E-state index contributed by atoms with van der Waals surface area (Å²) in [6.45, 7) is 3.99. The number of benzene rings is 1. The minimum absolute atomic E-state index is 0.0683. The lowest BCUT2D eigenvalue weighted by molar-refractivity contribution is -0.116. The molecule has 1 aromatic rings. The number of amides is 1. The van der Waals surface area contributed by atoms with Crippen LogP contribution in [-0.4, -0.2) is 5.91 Å². The van der Waals surface area contributed by atoms with E-state index in [-0.39, 0.29) is 5.91 Å². The molecular weight excluding hydrogens is 242 g/mol. The molecule has 0 atom stereocenters. The number of carbonyl (C=O) groups is 1. The summed E-state index contributed by atoms with van der Waals surface area (Å²) in [6, 6.07) is 5.83. The van der Waals surface area contributed by atoms with Gasteiger partial charge in [-0.25, -0.2) is 0 Å². The Hall–Kier alpha value is -0.830. The third kappa shape index (κ3) is 2.84. The molecule has 0 aliphatic carbocycles. The van der Waals surface area contributed by atoms with Gasteiger partial charge in [-0.15, -0.1) is 0 Å². The van der Waals surface area contributed by atoms with E-state index < -0.39 is 0 Å². The first-order valence-electron chi connectivity index (χ1n) is 4.70. The van der Waals surface area contributed by atoms with Crippen LogP contribution < -0.4 is 5.32 Å². The average molecular weight is 256 g/mol. The lowest BCUT2D eigenvalue weighted by Gasteiger charge is -2.08. The van der Waals surface area contributed by atoms with Crippen LogP contribution in [0, 0.1) is 6.92 Å². The van der Waals surface area contributed by atoms with E-state index in [1.807, 2.05) is 32.0 Å². The molecule has 0 saturated heterocycles. The smallest absolute Gasteiger partial charge is 0.224 e. The first-order chi connectivity index (χ1) is 6.65. The van der Waals surface area contributed by atoms with Crippen molar-refractivity contribution >= 4 is 27.5 Å². The standard InChI is InChI=1S/C11H14BrNO/c1-3-5-10(14)13-9-7-4-6-8(2)11(9)12/h4,6-7H,3,5H2,1-2H3,(H,13,14). The lowest BCUT2D eigenvalue weighted by Crippen LogP contribution is -2.11. The van der Waals surface area contributed by atoms with Crippen LogP contribution in [0.2, 0.25) is 0 Å². The van der Waals surface area contributed by atoms with Gasteiger partial charge in [0.05, 0.1) is 5.69 Å². The molecule has 0 heterocycles. The van der Waals surface area contributed by atoms with E-state index in [1.165, 1.54) is 0 Å². The maximum atomic E-state index is 11.3. The lowest BCUT2D eigenvalue weighted by atomic mass is 10.2. The molecule has 0 aliphatic heterocycles. The normalized spacial score (nSPS) is 9.93. The highest BCUT2D eigenvalue weighted by Crippen LogP contribution is 2.25. The van der Waals surface area contributed by atoms with E-state index in [0.717, 1.165) is 22.1 Å². The zero-order chi connectivity index (χ0) is 10.6. The number of hydrogen-bond acceptors (Lipinski definition) is 1. The first kappa shape index (κ1) is 11.2. The van der Waals surface area contributed by atoms with Crippen molar-refractivity contribution < 1.29 is 4.79 Å². The summed E-state index contributed by atoms with van der Waals surface area (Å²) in [6.07, 6.45) is 1.44. The molecule has 0 aromatic heterocycles. The van der Waals surface area contributed by atoms with Crippen LogP contribution in [0.4, 0.5) is 5.69 Å². The van der Waals surface area contributed by atoms with Crippen LogP contribution in [0.15, 0.2) is 22.7 Å². The molecule has 0 bridgehead atoms. The van der Waals surface area contributed by atoms with Crippen molar-refractivity contribution in [1.29, 1.82) is 0 Å². The van der Waals surface area contributed by atoms with Gasteiger partial charge in [-0.3, -0.25) is 4.79 Å². The van der Waals surface area contributed by atoms with Crippen LogP contribution in [0.25, 0.3) is 0 Å². The number of carbonyl (C=O) groups excluding carboxylic acids is 1. The Kier molecular flexibility index (Phi) is 4.14. The molecule has 1 N–H and O–H groups in total. The number of hydrogen-bond donors (Lipinski definition) is 1. The van der Waals surface area contributed by atoms with Crippen molar-refractivity contribution in [2.24, 2.45) is 0 Å². The molecule has 3 heteroatoms. The van der Waals surface area contributed by atoms with Crippen LogP contribution in [-0.2, 0) is 4.79 Å². The highest BCUT2D eigenvalue weighted by Gasteiger charge is 2.05. The van der Waals surface area contributed by atoms with Crippen molar-refractivity contribution in [2.45, 2.75) is 26.7 Å². The van der Waals surface area contributed by atoms with Gasteiger partial charge >= 0.3 is 0 Å². The van der Waals surface area contributed by atoms with Gasteiger partial charge in [0.1, 0.15) is 0 Å². The Balaban J connectivity index is 2.76. The average Bonchev–Trinajstić information content (AvgIpc) is 2.13. The molecular formula is C11H14BrNO. The summed E-state index contributed by atoms with van der Waals surface area (Å²) in [5.41, 5.74) is 1.97. The predicted octanol–water partition coefficient (Wildman–Crippen LogP) is 3.50. The molecule has 0 aliphatic rings. The van der Waals surface area contributed by atoms with Crippen LogP contribution in [0.5, 0.6) is 0 Å². The number of nitrogens with one attached hydrogen (secondary N) is 1. The third-order valence-corrected chi connectivity index (χ3v) is 3.00. The second-order valence-electron chi connectivity index (χ2n) is 3.23. The van der Waals surface area contributed by atoms with Gasteiger partial charge in [0.25, 0.3) is 0 Å². The molecule has 76 valence electrons. The minimum atomic E-state index is 0.0683. The summed E-state index contributed by atoms with van der Waals surface area (Å²) in [5.74, 6) is 0.0683. The quantitative estimate of drug-likeness (QED) is 0.881. The van der Waals surface area contributed by atoms with E-state index in [9.17, 15) is 4.79 Å². The maximum Gasteiger partial charge on any atom is 0.224 e. The van der Waals surface area contributed by atoms with Gasteiger partial charge in [-0.05, 0) is 40.9 Å². The number of anilines is 1. The maximum absolute atomic E-state index is 11.3. The summed E-state index contributed by atoms with van der Waals surface area (Å²) in [4.78, 5) is 11.3. The van der Waals surface area contributed by atoms with E-state index >= 15 is 0 Å². The molecule has 0 radical (unpaired) electrons. The summed E-state index contributed by atoms with van der Waals surface area (Å²) in [7, 11) is 0. The monoisotopic (exact) mass is 255 g/mol. The Bertz CT molecular complexity index is 336. The van der Waals surface area contributed by atoms with Gasteiger partial charge in [0, 0.05) is 10.9 Å². The topological polar surface area (TPSA) is 29.1 Å². The molecule has 0 fully saturated rings. The first-order valence-corrected chi connectivity index (χ1v) is 5.49. The zero-order valence-electron chi connectivity index (χ0n) is 8.43. The summed E-state index contributed by atoms with van der Waals surface area (Å²) >= 11 is 3.45. The zero-order valence-corrected chi connectivity index (χ0v) is 10.0. The molecule has 1 aromatic carbocycles. The van der Waals surface area contributed by atoms with Gasteiger partial charge in [-0.1, -0.05) is 19.1 Å². The van der Waals surface area contributed by atoms with Gasteiger partial charge < -0.3 is 5.32 Å². The largest absolute Gasteiger partial charge is 0.325 e. The Morgan fingerprint density at radius 2 is 2.21 bits per heavy atom. The minimum Gasteiger partial charge on any atom is -0.325 e. The molecule has 2 nitrogen and oxygen atoms in total. The van der Waals surface area contributed by atoms with Crippen molar-refractivity contribution in [3.8, 4) is 0 Å². The fourth-order valence-electron chi connectivity index (χ4n) is 1.18. The van der Waals surface area contributed by atoms with Crippen LogP contribution in [0.1, 0.15) is 25.3 Å². The van der Waals surface area contributed by atoms with E-state index in [1.54, 1.807) is 0 Å². The molecule has 1 rings (SSSR count). The second kappa shape index (κ2) is 5.15. The fourth-order valence-corrected chi connectivity index (χ4v) is 1.55. The van der Waals surface area contributed by atoms with Gasteiger partial charge in [0.2, 0.25) is 5.91 Å². The van der Waals surface area contributed by atoms with Crippen molar-refractivity contribution in [1.82, 2.24) is 0 Å². The van der Waals surface area contributed by atoms with Crippen molar-refractivity contribution in [3.05, 3.63) is 28.2 Å². The molecule has 0 spiro atoms. The molecule has 14 heavy (non-hydrogen) atoms. The van der Waals surface area contributed by atoms with Gasteiger partial charge in [-0.2, -0.15) is 0 Å². The highest BCUT2D eigenvalue weighted by molar-refractivity contribution is 9.10. The van der Waals surface area contributed by atoms with E-state index in [4.69, 9.17) is 0 Å². The molecule has 0 saturated carbocycles. The fraction of sp³-hybridized carbons (Fsp3) is 0.364. The number of aryl methyl sites for hydroxylation is 1. The van der Waals surface area contributed by atoms with Crippen LogP contribution in [0.3, 0.4) is 0 Å². The second-order valence-corrected chi connectivity index (χ2v) is 4.03. The summed E-state index contributed by atoms with van der Waals surface area (Å²) < 4.78 is 0.962.